The summed E-state index contributed by atoms with van der Waals surface area (Å²) >= 11 is 0. The van der Waals surface area contributed by atoms with Gasteiger partial charge in [-0.15, -0.1) is 0 Å². The van der Waals surface area contributed by atoms with Crippen molar-refractivity contribution in [2.24, 2.45) is 5.73 Å². The average Bonchev–Trinajstić information content (AvgIpc) is 3.23. The van der Waals surface area contributed by atoms with E-state index in [4.69, 9.17) is 10.5 Å². The highest BCUT2D eigenvalue weighted by atomic mass is 16.5. The number of anilines is 2. The Morgan fingerprint density at radius 2 is 2.33 bits per heavy atom. The second-order valence-electron chi connectivity index (χ2n) is 4.84. The fraction of sp³-hybridized carbons (Fsp3) is 0.667. The van der Waals surface area contributed by atoms with Crippen LogP contribution in [0, 0.1) is 0 Å². The van der Waals surface area contributed by atoms with Crippen molar-refractivity contribution in [3.05, 3.63) is 12.4 Å². The lowest BCUT2D eigenvalue weighted by atomic mass is 10.2. The standard InChI is InChI=1S/C12H19N5O/c13-6-10-7-18-4-3-17(10)12-5-11(14-8-15-12)16-9-1-2-9/h5,8-10H,1-4,6-7,13H2,(H,14,15,16). The highest BCUT2D eigenvalue weighted by molar-refractivity contribution is 5.50. The van der Waals surface area contributed by atoms with Gasteiger partial charge in [0, 0.05) is 25.2 Å². The third-order valence-corrected chi connectivity index (χ3v) is 3.38. The van der Waals surface area contributed by atoms with Crippen molar-refractivity contribution >= 4 is 11.6 Å². The smallest absolute Gasteiger partial charge is 0.134 e. The Morgan fingerprint density at radius 1 is 1.44 bits per heavy atom. The van der Waals surface area contributed by atoms with E-state index in [0.717, 1.165) is 24.8 Å². The van der Waals surface area contributed by atoms with Crippen LogP contribution >= 0.6 is 0 Å². The molecule has 1 aliphatic carbocycles. The van der Waals surface area contributed by atoms with Gasteiger partial charge in [0.2, 0.25) is 0 Å². The van der Waals surface area contributed by atoms with Crippen LogP contribution in [0.4, 0.5) is 11.6 Å². The van der Waals surface area contributed by atoms with Crippen LogP contribution in [0.5, 0.6) is 0 Å². The molecule has 98 valence electrons. The Hall–Kier alpha value is -1.40. The molecule has 2 heterocycles. The van der Waals surface area contributed by atoms with Gasteiger partial charge < -0.3 is 20.7 Å². The topological polar surface area (TPSA) is 76.3 Å². The number of hydrogen-bond acceptors (Lipinski definition) is 6. The number of morpholine rings is 1. The summed E-state index contributed by atoms with van der Waals surface area (Å²) in [6.45, 7) is 2.81. The van der Waals surface area contributed by atoms with Crippen molar-refractivity contribution in [3.63, 3.8) is 0 Å². The minimum Gasteiger partial charge on any atom is -0.377 e. The summed E-state index contributed by atoms with van der Waals surface area (Å²) in [7, 11) is 0. The molecule has 0 amide bonds. The van der Waals surface area contributed by atoms with E-state index in [2.05, 4.69) is 20.2 Å². The number of aromatic nitrogens is 2. The summed E-state index contributed by atoms with van der Waals surface area (Å²) in [4.78, 5) is 10.8. The first-order chi connectivity index (χ1) is 8.86. The van der Waals surface area contributed by atoms with Gasteiger partial charge in [0.15, 0.2) is 0 Å². The number of rotatable bonds is 4. The molecule has 1 aromatic rings. The van der Waals surface area contributed by atoms with Gasteiger partial charge in [-0.1, -0.05) is 0 Å². The zero-order valence-corrected chi connectivity index (χ0v) is 10.4. The summed E-state index contributed by atoms with van der Waals surface area (Å²) in [6.07, 6.45) is 4.09. The van der Waals surface area contributed by atoms with Crippen LogP contribution in [-0.2, 0) is 4.74 Å². The molecule has 1 saturated heterocycles. The van der Waals surface area contributed by atoms with Crippen LogP contribution in [0.3, 0.4) is 0 Å². The third-order valence-electron chi connectivity index (χ3n) is 3.38. The summed E-state index contributed by atoms with van der Waals surface area (Å²) in [5.74, 6) is 1.84. The molecule has 0 spiro atoms. The molecule has 3 rings (SSSR count). The number of nitrogens with zero attached hydrogens (tertiary/aromatic N) is 3. The number of ether oxygens (including phenoxy) is 1. The lowest BCUT2D eigenvalue weighted by molar-refractivity contribution is 0.0958. The monoisotopic (exact) mass is 249 g/mol. The molecule has 0 radical (unpaired) electrons. The number of hydrogen-bond donors (Lipinski definition) is 2. The van der Waals surface area contributed by atoms with E-state index >= 15 is 0 Å². The Bertz CT molecular complexity index is 409. The largest absolute Gasteiger partial charge is 0.377 e. The highest BCUT2D eigenvalue weighted by Gasteiger charge is 2.25. The van der Waals surface area contributed by atoms with E-state index in [1.165, 1.54) is 12.8 Å². The van der Waals surface area contributed by atoms with Gasteiger partial charge in [-0.3, -0.25) is 0 Å². The molecule has 18 heavy (non-hydrogen) atoms. The first kappa shape index (κ1) is 11.7. The van der Waals surface area contributed by atoms with E-state index in [9.17, 15) is 0 Å². The normalized spacial score (nSPS) is 24.1. The predicted octanol–water partition coefficient (Wildman–Crippen LogP) is 0.215. The van der Waals surface area contributed by atoms with Crippen LogP contribution in [0.2, 0.25) is 0 Å². The van der Waals surface area contributed by atoms with E-state index in [1.807, 2.05) is 6.07 Å². The second kappa shape index (κ2) is 5.07. The van der Waals surface area contributed by atoms with Crippen molar-refractivity contribution in [1.29, 1.82) is 0 Å². The van der Waals surface area contributed by atoms with E-state index in [-0.39, 0.29) is 6.04 Å². The van der Waals surface area contributed by atoms with Crippen molar-refractivity contribution in [2.45, 2.75) is 24.9 Å². The Morgan fingerprint density at radius 3 is 3.11 bits per heavy atom. The first-order valence-corrected chi connectivity index (χ1v) is 6.50. The molecule has 1 aliphatic heterocycles. The van der Waals surface area contributed by atoms with Gasteiger partial charge in [-0.2, -0.15) is 0 Å². The van der Waals surface area contributed by atoms with E-state index < -0.39 is 0 Å². The van der Waals surface area contributed by atoms with Gasteiger partial charge in [0.1, 0.15) is 18.0 Å². The van der Waals surface area contributed by atoms with Gasteiger partial charge >= 0.3 is 0 Å². The molecule has 6 heteroatoms. The summed E-state index contributed by atoms with van der Waals surface area (Å²) in [5, 5.41) is 3.39. The molecular formula is C12H19N5O. The Labute approximate surface area is 107 Å². The van der Waals surface area contributed by atoms with Gasteiger partial charge in [-0.25, -0.2) is 9.97 Å². The molecule has 1 saturated carbocycles. The Kier molecular flexibility index (Phi) is 3.29. The molecule has 3 N–H and O–H groups in total. The van der Waals surface area contributed by atoms with Crippen LogP contribution in [0.15, 0.2) is 12.4 Å². The zero-order chi connectivity index (χ0) is 12.4. The summed E-state index contributed by atoms with van der Waals surface area (Å²) < 4.78 is 5.45. The second-order valence-corrected chi connectivity index (χ2v) is 4.84. The molecule has 0 bridgehead atoms. The molecule has 1 atom stereocenters. The summed E-state index contributed by atoms with van der Waals surface area (Å²) in [5.41, 5.74) is 5.78. The molecule has 0 aromatic carbocycles. The van der Waals surface area contributed by atoms with Crippen molar-refractivity contribution in [1.82, 2.24) is 9.97 Å². The SMILES string of the molecule is NCC1COCCN1c1cc(NC2CC2)ncn1. The number of nitrogens with one attached hydrogen (secondary N) is 1. The Balaban J connectivity index is 1.76. The van der Waals surface area contributed by atoms with Gasteiger partial charge in [0.25, 0.3) is 0 Å². The fourth-order valence-electron chi connectivity index (χ4n) is 2.17. The maximum Gasteiger partial charge on any atom is 0.134 e. The zero-order valence-electron chi connectivity index (χ0n) is 10.4. The number of nitrogens with two attached hydrogens (primary N) is 1. The quantitative estimate of drug-likeness (QED) is 0.794. The van der Waals surface area contributed by atoms with Crippen LogP contribution in [0.25, 0.3) is 0 Å². The molecule has 1 aromatic heterocycles. The van der Waals surface area contributed by atoms with E-state index in [1.54, 1.807) is 6.33 Å². The van der Waals surface area contributed by atoms with Crippen LogP contribution < -0.4 is 16.0 Å². The highest BCUT2D eigenvalue weighted by Crippen LogP contribution is 2.25. The fourth-order valence-corrected chi connectivity index (χ4v) is 2.17. The molecule has 1 unspecified atom stereocenters. The minimum absolute atomic E-state index is 0.211. The molecular weight excluding hydrogens is 230 g/mol. The first-order valence-electron chi connectivity index (χ1n) is 6.50. The van der Waals surface area contributed by atoms with Gasteiger partial charge in [0.05, 0.1) is 19.3 Å². The molecule has 2 fully saturated rings. The summed E-state index contributed by atoms with van der Waals surface area (Å²) in [6, 6.07) is 2.82. The maximum absolute atomic E-state index is 5.78. The maximum atomic E-state index is 5.78. The molecule has 6 nitrogen and oxygen atoms in total. The van der Waals surface area contributed by atoms with Crippen molar-refractivity contribution in [2.75, 3.05) is 36.5 Å². The minimum atomic E-state index is 0.211. The lowest BCUT2D eigenvalue weighted by Crippen LogP contribution is -2.49. The van der Waals surface area contributed by atoms with Crippen molar-refractivity contribution in [3.8, 4) is 0 Å². The predicted molar refractivity (Wildman–Crippen MR) is 69.7 cm³/mol. The third kappa shape index (κ3) is 2.54. The van der Waals surface area contributed by atoms with Crippen LogP contribution in [0.1, 0.15) is 12.8 Å². The average molecular weight is 249 g/mol. The van der Waals surface area contributed by atoms with Crippen molar-refractivity contribution < 1.29 is 4.74 Å². The van der Waals surface area contributed by atoms with Gasteiger partial charge in [-0.05, 0) is 12.8 Å². The van der Waals surface area contributed by atoms with E-state index in [0.29, 0.717) is 19.2 Å². The van der Waals surface area contributed by atoms with Crippen LogP contribution in [-0.4, -0.2) is 48.4 Å². The molecule has 2 aliphatic rings. The lowest BCUT2D eigenvalue weighted by Gasteiger charge is -2.35.